The summed E-state index contributed by atoms with van der Waals surface area (Å²) < 4.78 is 1.97. The Kier molecular flexibility index (Phi) is 6.80. The summed E-state index contributed by atoms with van der Waals surface area (Å²) in [6.45, 7) is 0. The Labute approximate surface area is 200 Å². The Morgan fingerprint density at radius 1 is 0.839 bits per heavy atom. The van der Waals surface area contributed by atoms with E-state index in [1.165, 1.54) is 11.8 Å². The smallest absolute Gasteiger partial charge is 0.335 e. The molecule has 1 N–H and O–H groups in total. The molecule has 0 fully saturated rings. The number of benzene rings is 3. The van der Waals surface area contributed by atoms with Gasteiger partial charge in [0, 0.05) is 25.8 Å². The van der Waals surface area contributed by atoms with Gasteiger partial charge >= 0.3 is 5.97 Å². The summed E-state index contributed by atoms with van der Waals surface area (Å²) in [7, 11) is 0. The third-order valence-electron chi connectivity index (χ3n) is 4.44. The number of hydrogen-bond acceptors (Lipinski definition) is 5. The number of carbonyl (C=O) groups is 1. The molecule has 0 saturated carbocycles. The van der Waals surface area contributed by atoms with Crippen LogP contribution < -0.4 is 0 Å². The lowest BCUT2D eigenvalue weighted by Crippen LogP contribution is -2.00. The molecule has 31 heavy (non-hydrogen) atoms. The van der Waals surface area contributed by atoms with Crippen LogP contribution in [0.25, 0.3) is 22.5 Å². The molecule has 0 spiro atoms. The predicted molar refractivity (Wildman–Crippen MR) is 129 cm³/mol. The van der Waals surface area contributed by atoms with Crippen LogP contribution in [0.3, 0.4) is 0 Å². The highest BCUT2D eigenvalue weighted by Gasteiger charge is 2.14. The van der Waals surface area contributed by atoms with Gasteiger partial charge in [0.05, 0.1) is 5.56 Å². The number of carboxylic acid groups (broad SMARTS) is 1. The highest BCUT2D eigenvalue weighted by molar-refractivity contribution is 9.10. The van der Waals surface area contributed by atoms with Gasteiger partial charge < -0.3 is 5.11 Å². The summed E-state index contributed by atoms with van der Waals surface area (Å²) in [5.41, 5.74) is 4.45. The van der Waals surface area contributed by atoms with E-state index in [0.29, 0.717) is 16.6 Å². The third kappa shape index (κ3) is 5.39. The molecule has 0 unspecified atom stereocenters. The molecule has 0 atom stereocenters. The quantitative estimate of drug-likeness (QED) is 0.266. The van der Waals surface area contributed by atoms with Crippen molar-refractivity contribution in [2.24, 2.45) is 0 Å². The normalized spacial score (nSPS) is 10.8. The zero-order valence-electron chi connectivity index (χ0n) is 16.0. The maximum atomic E-state index is 11.2. The van der Waals surface area contributed by atoms with Gasteiger partial charge in [0.15, 0.2) is 0 Å². The van der Waals surface area contributed by atoms with Crippen molar-refractivity contribution in [2.75, 3.05) is 0 Å². The van der Waals surface area contributed by atoms with Gasteiger partial charge in [0.1, 0.15) is 11.4 Å². The molecule has 0 aliphatic heterocycles. The number of rotatable bonds is 6. The largest absolute Gasteiger partial charge is 0.478 e. The number of aromatic nitrogens is 3. The summed E-state index contributed by atoms with van der Waals surface area (Å²) >= 11 is 8.35. The van der Waals surface area contributed by atoms with Crippen LogP contribution in [-0.4, -0.2) is 26.3 Å². The van der Waals surface area contributed by atoms with Crippen LogP contribution in [0.1, 0.15) is 15.9 Å². The van der Waals surface area contributed by atoms with E-state index in [0.717, 1.165) is 31.3 Å². The van der Waals surface area contributed by atoms with E-state index in [1.807, 2.05) is 54.6 Å². The zero-order chi connectivity index (χ0) is 21.8. The second kappa shape index (κ2) is 9.72. The van der Waals surface area contributed by atoms with Gasteiger partial charge in [-0.2, -0.15) is 0 Å². The first-order chi connectivity index (χ1) is 15.0. The summed E-state index contributed by atoms with van der Waals surface area (Å²) in [5.74, 6) is -0.402. The molecule has 4 rings (SSSR count). The summed E-state index contributed by atoms with van der Waals surface area (Å²) in [6, 6.07) is 22.6. The van der Waals surface area contributed by atoms with Crippen molar-refractivity contribution in [3.63, 3.8) is 0 Å². The summed E-state index contributed by atoms with van der Waals surface area (Å²) in [6.07, 6.45) is 0. The number of halogens is 2. The second-order valence-corrected chi connectivity index (χ2v) is 9.37. The average Bonchev–Trinajstić information content (AvgIpc) is 2.79. The number of aromatic carboxylic acids is 1. The van der Waals surface area contributed by atoms with Crippen LogP contribution in [0.15, 0.2) is 86.9 Å². The highest BCUT2D eigenvalue weighted by atomic mass is 79.9. The van der Waals surface area contributed by atoms with Crippen molar-refractivity contribution in [3.8, 4) is 22.5 Å². The fourth-order valence-corrected chi connectivity index (χ4v) is 4.18. The predicted octanol–water partition coefficient (Wildman–Crippen LogP) is 6.72. The maximum absolute atomic E-state index is 11.2. The molecule has 1 aromatic heterocycles. The number of carboxylic acids is 1. The number of nitrogens with zero attached hydrogens (tertiary/aromatic N) is 3. The first-order valence-electron chi connectivity index (χ1n) is 9.21. The minimum absolute atomic E-state index is 0.262. The summed E-state index contributed by atoms with van der Waals surface area (Å²) in [4.78, 5) is 16.0. The topological polar surface area (TPSA) is 76.0 Å². The van der Waals surface area contributed by atoms with E-state index in [2.05, 4.69) is 42.1 Å². The highest BCUT2D eigenvalue weighted by Crippen LogP contribution is 2.32. The number of hydrogen-bond donors (Lipinski definition) is 1. The first kappa shape index (κ1) is 21.7. The van der Waals surface area contributed by atoms with Crippen molar-refractivity contribution in [1.29, 1.82) is 0 Å². The van der Waals surface area contributed by atoms with Gasteiger partial charge in [-0.15, -0.1) is 10.2 Å². The lowest BCUT2D eigenvalue weighted by Gasteiger charge is -2.10. The monoisotopic (exact) mass is 555 g/mol. The standard InChI is InChI=1S/C23H15Br2N3O2S/c24-18-8-4-15(5-9-18)20-21(16-6-10-19(25)11-7-16)27-28-23(26-20)31-13-14-2-1-3-17(12-14)22(29)30/h1-12H,13H2,(H,29,30). The molecule has 4 aromatic rings. The Bertz CT molecular complexity index is 1230. The van der Waals surface area contributed by atoms with Gasteiger partial charge in [0.2, 0.25) is 5.16 Å². The molecule has 0 aliphatic carbocycles. The number of thioether (sulfide) groups is 1. The van der Waals surface area contributed by atoms with Crippen molar-refractivity contribution in [1.82, 2.24) is 15.2 Å². The molecule has 0 bridgehead atoms. The van der Waals surface area contributed by atoms with Crippen molar-refractivity contribution in [2.45, 2.75) is 10.9 Å². The molecule has 0 radical (unpaired) electrons. The minimum Gasteiger partial charge on any atom is -0.478 e. The van der Waals surface area contributed by atoms with Gasteiger partial charge in [-0.25, -0.2) is 9.78 Å². The van der Waals surface area contributed by atoms with Crippen molar-refractivity contribution >= 4 is 49.6 Å². The van der Waals surface area contributed by atoms with Crippen LogP contribution in [0.2, 0.25) is 0 Å². The fourth-order valence-electron chi connectivity index (χ4n) is 2.93. The SMILES string of the molecule is O=C(O)c1cccc(CSc2nnc(-c3ccc(Br)cc3)c(-c3ccc(Br)cc3)n2)c1. The van der Waals surface area contributed by atoms with Gasteiger partial charge in [0.25, 0.3) is 0 Å². The molecule has 1 heterocycles. The van der Waals surface area contributed by atoms with E-state index in [1.54, 1.807) is 18.2 Å². The summed E-state index contributed by atoms with van der Waals surface area (Å²) in [5, 5.41) is 18.5. The Balaban J connectivity index is 1.67. The van der Waals surface area contributed by atoms with Crippen molar-refractivity contribution in [3.05, 3.63) is 92.9 Å². The third-order valence-corrected chi connectivity index (χ3v) is 6.41. The fraction of sp³-hybridized carbons (Fsp3) is 0.0435. The minimum atomic E-state index is -0.943. The molecule has 0 amide bonds. The van der Waals surface area contributed by atoms with Crippen LogP contribution in [0.5, 0.6) is 0 Å². The molecule has 0 saturated heterocycles. The zero-order valence-corrected chi connectivity index (χ0v) is 20.0. The molecule has 0 aliphatic rings. The Morgan fingerprint density at radius 3 is 2.06 bits per heavy atom. The van der Waals surface area contributed by atoms with E-state index in [9.17, 15) is 9.90 Å². The van der Waals surface area contributed by atoms with E-state index in [-0.39, 0.29) is 5.56 Å². The molecule has 154 valence electrons. The van der Waals surface area contributed by atoms with Gasteiger partial charge in [-0.05, 0) is 42.0 Å². The van der Waals surface area contributed by atoms with Crippen LogP contribution in [-0.2, 0) is 5.75 Å². The van der Waals surface area contributed by atoms with Crippen molar-refractivity contribution < 1.29 is 9.90 Å². The lowest BCUT2D eigenvalue weighted by molar-refractivity contribution is 0.0697. The molecular weight excluding hydrogens is 542 g/mol. The van der Waals surface area contributed by atoms with E-state index < -0.39 is 5.97 Å². The van der Waals surface area contributed by atoms with E-state index >= 15 is 0 Å². The first-order valence-corrected chi connectivity index (χ1v) is 11.8. The molecule has 5 nitrogen and oxygen atoms in total. The van der Waals surface area contributed by atoms with Crippen LogP contribution in [0, 0.1) is 0 Å². The van der Waals surface area contributed by atoms with Crippen LogP contribution in [0.4, 0.5) is 0 Å². The van der Waals surface area contributed by atoms with Gasteiger partial charge in [-0.3, -0.25) is 0 Å². The maximum Gasteiger partial charge on any atom is 0.335 e. The average molecular weight is 557 g/mol. The molecule has 3 aromatic carbocycles. The molecule has 8 heteroatoms. The Hall–Kier alpha value is -2.55. The van der Waals surface area contributed by atoms with Gasteiger partial charge in [-0.1, -0.05) is 80.0 Å². The van der Waals surface area contributed by atoms with Crippen LogP contribution >= 0.6 is 43.6 Å². The Morgan fingerprint density at radius 2 is 1.45 bits per heavy atom. The second-order valence-electron chi connectivity index (χ2n) is 6.60. The molecular formula is C23H15Br2N3O2S. The van der Waals surface area contributed by atoms with E-state index in [4.69, 9.17) is 4.98 Å². The lowest BCUT2D eigenvalue weighted by atomic mass is 10.0.